The first-order valence-corrected chi connectivity index (χ1v) is 10.8. The lowest BCUT2D eigenvalue weighted by Crippen LogP contribution is -2.28. The predicted molar refractivity (Wildman–Crippen MR) is 114 cm³/mol. The molecule has 3 rings (SSSR count). The monoisotopic (exact) mass is 396 g/mol. The van der Waals surface area contributed by atoms with Crippen molar-refractivity contribution in [3.63, 3.8) is 0 Å². The summed E-state index contributed by atoms with van der Waals surface area (Å²) in [6.45, 7) is 9.29. The second kappa shape index (κ2) is 8.36. The quantitative estimate of drug-likeness (QED) is 0.670. The zero-order valence-corrected chi connectivity index (χ0v) is 17.9. The van der Waals surface area contributed by atoms with Gasteiger partial charge < -0.3 is 10.1 Å². The number of ether oxygens (including phenoxy) is 1. The van der Waals surface area contributed by atoms with E-state index in [9.17, 15) is 10.1 Å². The van der Waals surface area contributed by atoms with Gasteiger partial charge in [-0.25, -0.2) is 0 Å². The number of benzene rings is 1. The predicted octanol–water partition coefficient (Wildman–Crippen LogP) is 5.81. The first-order chi connectivity index (χ1) is 13.4. The highest BCUT2D eigenvalue weighted by Gasteiger charge is 2.34. The smallest absolute Gasteiger partial charge is 0.260 e. The average Bonchev–Trinajstić information content (AvgIpc) is 3.04. The summed E-state index contributed by atoms with van der Waals surface area (Å²) in [6, 6.07) is 9.54. The van der Waals surface area contributed by atoms with Gasteiger partial charge in [0.2, 0.25) is 0 Å². The van der Waals surface area contributed by atoms with E-state index < -0.39 is 0 Å². The molecule has 0 spiro atoms. The molecule has 1 heterocycles. The summed E-state index contributed by atoms with van der Waals surface area (Å²) in [7, 11) is 0. The van der Waals surface area contributed by atoms with E-state index in [4.69, 9.17) is 4.74 Å². The molecule has 0 radical (unpaired) electrons. The van der Waals surface area contributed by atoms with Crippen LogP contribution in [0, 0.1) is 22.7 Å². The van der Waals surface area contributed by atoms with Crippen LogP contribution in [0.3, 0.4) is 0 Å². The number of rotatable bonds is 6. The van der Waals surface area contributed by atoms with Crippen molar-refractivity contribution in [2.24, 2.45) is 11.3 Å². The normalized spacial score (nSPS) is 16.2. The van der Waals surface area contributed by atoms with Crippen LogP contribution in [0.1, 0.15) is 66.9 Å². The van der Waals surface area contributed by atoms with Gasteiger partial charge in [-0.3, -0.25) is 4.79 Å². The Balaban J connectivity index is 1.87. The Hall–Kier alpha value is -2.32. The summed E-state index contributed by atoms with van der Waals surface area (Å²) < 4.78 is 5.58. The second-order valence-electron chi connectivity index (χ2n) is 7.98. The molecule has 1 unspecified atom stereocenters. The Morgan fingerprint density at radius 1 is 1.36 bits per heavy atom. The van der Waals surface area contributed by atoms with Crippen LogP contribution in [0.4, 0.5) is 5.00 Å². The summed E-state index contributed by atoms with van der Waals surface area (Å²) in [6.07, 6.45) is 4.14. The van der Waals surface area contributed by atoms with E-state index in [0.29, 0.717) is 34.4 Å². The standard InChI is InChI=1S/C23H28N2O2S/c1-5-23(3,4)15-11-12-16-18(14-24)22(28-20(16)13-15)25-21(26)17-9-7-8-10-19(17)27-6-2/h7-10,15H,5-6,11-13H2,1-4H3,(H,25,26). The van der Waals surface area contributed by atoms with Gasteiger partial charge in [0.15, 0.2) is 0 Å². The molecule has 0 saturated carbocycles. The lowest BCUT2D eigenvalue weighted by molar-refractivity contribution is 0.102. The summed E-state index contributed by atoms with van der Waals surface area (Å²) in [4.78, 5) is 14.1. The molecular formula is C23H28N2O2S. The van der Waals surface area contributed by atoms with Crippen molar-refractivity contribution in [2.45, 2.75) is 53.4 Å². The number of hydrogen-bond donors (Lipinski definition) is 1. The van der Waals surface area contributed by atoms with Gasteiger partial charge in [0.05, 0.1) is 17.7 Å². The van der Waals surface area contributed by atoms with Crippen molar-refractivity contribution < 1.29 is 9.53 Å². The molecule has 1 aliphatic rings. The highest BCUT2D eigenvalue weighted by molar-refractivity contribution is 7.16. The average molecular weight is 397 g/mol. The number of thiophene rings is 1. The molecule has 1 aromatic heterocycles. The fourth-order valence-electron chi connectivity index (χ4n) is 3.85. The van der Waals surface area contributed by atoms with E-state index in [1.165, 1.54) is 4.88 Å². The van der Waals surface area contributed by atoms with E-state index in [1.54, 1.807) is 23.5 Å². The number of anilines is 1. The highest BCUT2D eigenvalue weighted by Crippen LogP contribution is 2.45. The lowest BCUT2D eigenvalue weighted by Gasteiger charge is -2.36. The lowest BCUT2D eigenvalue weighted by atomic mass is 9.69. The number of fused-ring (bicyclic) bond motifs is 1. The van der Waals surface area contributed by atoms with Crippen molar-refractivity contribution in [2.75, 3.05) is 11.9 Å². The van der Waals surface area contributed by atoms with Gasteiger partial charge in [-0.05, 0) is 55.2 Å². The first-order valence-electron chi connectivity index (χ1n) is 9.99. The minimum absolute atomic E-state index is 0.232. The number of nitriles is 1. The topological polar surface area (TPSA) is 62.1 Å². The van der Waals surface area contributed by atoms with Gasteiger partial charge in [-0.1, -0.05) is 39.3 Å². The van der Waals surface area contributed by atoms with Crippen LogP contribution >= 0.6 is 11.3 Å². The van der Waals surface area contributed by atoms with Crippen molar-refractivity contribution >= 4 is 22.2 Å². The third-order valence-corrected chi connectivity index (χ3v) is 7.22. The second-order valence-corrected chi connectivity index (χ2v) is 9.09. The van der Waals surface area contributed by atoms with E-state index >= 15 is 0 Å². The molecule has 1 amide bonds. The van der Waals surface area contributed by atoms with Crippen molar-refractivity contribution in [3.8, 4) is 11.8 Å². The van der Waals surface area contributed by atoms with Crippen LogP contribution in [-0.2, 0) is 12.8 Å². The summed E-state index contributed by atoms with van der Waals surface area (Å²) in [5, 5.41) is 13.4. The van der Waals surface area contributed by atoms with E-state index in [0.717, 1.165) is 31.2 Å². The zero-order chi connectivity index (χ0) is 20.3. The van der Waals surface area contributed by atoms with Crippen LogP contribution in [-0.4, -0.2) is 12.5 Å². The molecule has 1 N–H and O–H groups in total. The zero-order valence-electron chi connectivity index (χ0n) is 17.1. The molecule has 0 aliphatic heterocycles. The molecule has 28 heavy (non-hydrogen) atoms. The summed E-state index contributed by atoms with van der Waals surface area (Å²) in [5.74, 6) is 0.939. The van der Waals surface area contributed by atoms with Crippen LogP contribution in [0.15, 0.2) is 24.3 Å². The third-order valence-electron chi connectivity index (χ3n) is 6.05. The number of carbonyl (C=O) groups is 1. The number of hydrogen-bond acceptors (Lipinski definition) is 4. The molecule has 1 aromatic carbocycles. The largest absolute Gasteiger partial charge is 0.493 e. The number of amides is 1. The Morgan fingerprint density at radius 2 is 2.11 bits per heavy atom. The third kappa shape index (κ3) is 3.93. The summed E-state index contributed by atoms with van der Waals surface area (Å²) >= 11 is 1.56. The molecule has 0 fully saturated rings. The fraction of sp³-hybridized carbons (Fsp3) is 0.478. The molecule has 148 valence electrons. The molecule has 4 nitrogen and oxygen atoms in total. The van der Waals surface area contributed by atoms with Gasteiger partial charge >= 0.3 is 0 Å². The van der Waals surface area contributed by atoms with Crippen molar-refractivity contribution in [3.05, 3.63) is 45.8 Å². The van der Waals surface area contributed by atoms with Gasteiger partial charge in [-0.15, -0.1) is 11.3 Å². The van der Waals surface area contributed by atoms with Gasteiger partial charge in [0.1, 0.15) is 16.8 Å². The van der Waals surface area contributed by atoms with Crippen LogP contribution in [0.25, 0.3) is 0 Å². The van der Waals surface area contributed by atoms with Crippen molar-refractivity contribution in [1.29, 1.82) is 5.26 Å². The maximum absolute atomic E-state index is 12.9. The van der Waals surface area contributed by atoms with E-state index in [-0.39, 0.29) is 11.3 Å². The Labute approximate surface area is 171 Å². The molecule has 0 saturated heterocycles. The Bertz CT molecular complexity index is 908. The molecule has 0 bridgehead atoms. The molecule has 1 atom stereocenters. The minimum Gasteiger partial charge on any atom is -0.493 e. The van der Waals surface area contributed by atoms with Crippen molar-refractivity contribution in [1.82, 2.24) is 0 Å². The van der Waals surface area contributed by atoms with E-state index in [1.807, 2.05) is 19.1 Å². The Kier molecular flexibility index (Phi) is 6.10. The van der Waals surface area contributed by atoms with Crippen LogP contribution in [0.5, 0.6) is 5.75 Å². The summed E-state index contributed by atoms with van der Waals surface area (Å²) in [5.41, 5.74) is 2.54. The minimum atomic E-state index is -0.232. The maximum atomic E-state index is 12.9. The Morgan fingerprint density at radius 3 is 2.79 bits per heavy atom. The maximum Gasteiger partial charge on any atom is 0.260 e. The number of nitrogens with one attached hydrogen (secondary N) is 1. The SMILES string of the molecule is CCOc1ccccc1C(=O)Nc1sc2c(c1C#N)CCC(C(C)(C)CC)C2. The van der Waals surface area contributed by atoms with Gasteiger partial charge in [-0.2, -0.15) is 5.26 Å². The molecular weight excluding hydrogens is 368 g/mol. The van der Waals surface area contributed by atoms with Crippen LogP contribution in [0.2, 0.25) is 0 Å². The van der Waals surface area contributed by atoms with E-state index in [2.05, 4.69) is 32.2 Å². The first kappa shape index (κ1) is 20.4. The molecule has 1 aliphatic carbocycles. The molecule has 5 heteroatoms. The van der Waals surface area contributed by atoms with Crippen LogP contribution < -0.4 is 10.1 Å². The highest BCUT2D eigenvalue weighted by atomic mass is 32.1. The number of carbonyl (C=O) groups excluding carboxylic acids is 1. The van der Waals surface area contributed by atoms with Gasteiger partial charge in [0.25, 0.3) is 5.91 Å². The van der Waals surface area contributed by atoms with Gasteiger partial charge in [0, 0.05) is 4.88 Å². The fourth-order valence-corrected chi connectivity index (χ4v) is 5.13. The number of nitrogens with zero attached hydrogens (tertiary/aromatic N) is 1. The molecule has 2 aromatic rings. The number of para-hydroxylation sites is 1.